The number of alkyl halides is 2. The summed E-state index contributed by atoms with van der Waals surface area (Å²) in [6, 6.07) is 4.82. The van der Waals surface area contributed by atoms with Crippen molar-refractivity contribution in [3.63, 3.8) is 0 Å². The Morgan fingerprint density at radius 2 is 1.93 bits per heavy atom. The normalized spacial score (nSPS) is 29.1. The number of nitrogens with one attached hydrogen (secondary N) is 2. The third-order valence-corrected chi connectivity index (χ3v) is 6.29. The number of hydrogen-bond donors (Lipinski definition) is 2. The number of carbonyl (C=O) groups excluding carboxylic acids is 3. The number of benzene rings is 1. The number of hydrogen-bond acceptors (Lipinski definition) is 4. The Kier molecular flexibility index (Phi) is 6.28. The Bertz CT molecular complexity index is 817. The van der Waals surface area contributed by atoms with Crippen LogP contribution in [-0.4, -0.2) is 41.9 Å². The highest BCUT2D eigenvalue weighted by molar-refractivity contribution is 6.09. The van der Waals surface area contributed by atoms with Crippen molar-refractivity contribution in [1.29, 1.82) is 0 Å². The van der Waals surface area contributed by atoms with Crippen LogP contribution in [0.4, 0.5) is 13.6 Å². The minimum atomic E-state index is -2.96. The van der Waals surface area contributed by atoms with Gasteiger partial charge in [-0.15, -0.1) is 0 Å². The van der Waals surface area contributed by atoms with Crippen LogP contribution in [0.2, 0.25) is 0 Å². The lowest BCUT2D eigenvalue weighted by molar-refractivity contribution is -0.135. The molecule has 0 unspecified atom stereocenters. The second-order valence-electron chi connectivity index (χ2n) is 8.29. The molecular formula is C21H27F2N3O4. The van der Waals surface area contributed by atoms with Gasteiger partial charge in [0.05, 0.1) is 0 Å². The lowest BCUT2D eigenvalue weighted by Gasteiger charge is -2.34. The highest BCUT2D eigenvalue weighted by Gasteiger charge is 2.49. The topological polar surface area (TPSA) is 87.7 Å². The number of rotatable bonds is 6. The van der Waals surface area contributed by atoms with E-state index in [0.29, 0.717) is 17.4 Å². The van der Waals surface area contributed by atoms with E-state index in [4.69, 9.17) is 0 Å². The van der Waals surface area contributed by atoms with Gasteiger partial charge in [-0.05, 0) is 42.9 Å². The summed E-state index contributed by atoms with van der Waals surface area (Å²) in [6.07, 6.45) is 3.03. The van der Waals surface area contributed by atoms with Crippen LogP contribution in [0, 0.1) is 11.8 Å². The van der Waals surface area contributed by atoms with Crippen LogP contribution < -0.4 is 15.4 Å². The third kappa shape index (κ3) is 4.39. The van der Waals surface area contributed by atoms with Gasteiger partial charge in [0.1, 0.15) is 17.8 Å². The molecule has 1 aliphatic carbocycles. The number of nitrogens with zero attached hydrogens (tertiary/aromatic N) is 1. The molecule has 1 saturated heterocycles. The lowest BCUT2D eigenvalue weighted by Crippen LogP contribution is -2.48. The van der Waals surface area contributed by atoms with Crippen LogP contribution >= 0.6 is 0 Å². The average Bonchev–Trinajstić information content (AvgIpc) is 2.89. The molecule has 3 rings (SSSR count). The van der Waals surface area contributed by atoms with Crippen molar-refractivity contribution < 1.29 is 27.9 Å². The van der Waals surface area contributed by atoms with Crippen molar-refractivity contribution in [2.75, 3.05) is 6.54 Å². The van der Waals surface area contributed by atoms with Crippen molar-refractivity contribution in [1.82, 2.24) is 15.5 Å². The van der Waals surface area contributed by atoms with Gasteiger partial charge in [-0.2, -0.15) is 8.78 Å². The number of ether oxygens (including phenoxy) is 1. The van der Waals surface area contributed by atoms with E-state index in [-0.39, 0.29) is 24.2 Å². The Hall–Kier alpha value is -2.71. The summed E-state index contributed by atoms with van der Waals surface area (Å²) in [5, 5.41) is 5.56. The first kappa shape index (κ1) is 22.0. The molecule has 2 fully saturated rings. The van der Waals surface area contributed by atoms with Gasteiger partial charge in [0.25, 0.3) is 5.91 Å². The predicted molar refractivity (Wildman–Crippen MR) is 105 cm³/mol. The molecular weight excluding hydrogens is 396 g/mol. The maximum Gasteiger partial charge on any atom is 0.387 e. The lowest BCUT2D eigenvalue weighted by atomic mass is 9.78. The second kappa shape index (κ2) is 8.57. The standard InChI is InChI=1S/C21H27F2N3O4/c1-12-5-4-6-16(13(12)2)24-17(27)11-26-18(28)21(3,25-20(26)29)14-7-9-15(10-8-14)30-19(22)23/h7-10,12-13,16,19H,4-6,11H2,1-3H3,(H,24,27)(H,25,29)/t12-,13+,16-,21+/m0/s1. The van der Waals surface area contributed by atoms with Crippen molar-refractivity contribution in [2.45, 2.75) is 58.2 Å². The number of imide groups is 1. The maximum atomic E-state index is 13.0. The second-order valence-corrected chi connectivity index (χ2v) is 8.29. The summed E-state index contributed by atoms with van der Waals surface area (Å²) in [5.41, 5.74) is -0.993. The van der Waals surface area contributed by atoms with Crippen LogP contribution in [0.1, 0.15) is 45.6 Å². The van der Waals surface area contributed by atoms with Gasteiger partial charge in [-0.1, -0.05) is 38.8 Å². The Labute approximate surface area is 174 Å². The van der Waals surface area contributed by atoms with Gasteiger partial charge in [-0.25, -0.2) is 4.79 Å². The molecule has 4 atom stereocenters. The largest absolute Gasteiger partial charge is 0.435 e. The number of halogens is 2. The van der Waals surface area contributed by atoms with Gasteiger partial charge >= 0.3 is 12.6 Å². The minimum Gasteiger partial charge on any atom is -0.435 e. The molecule has 0 radical (unpaired) electrons. The van der Waals surface area contributed by atoms with E-state index >= 15 is 0 Å². The Morgan fingerprint density at radius 3 is 2.57 bits per heavy atom. The molecule has 0 spiro atoms. The van der Waals surface area contributed by atoms with Crippen LogP contribution in [0.25, 0.3) is 0 Å². The molecule has 164 valence electrons. The molecule has 4 amide bonds. The first-order chi connectivity index (χ1) is 14.1. The Balaban J connectivity index is 1.67. The molecule has 30 heavy (non-hydrogen) atoms. The Morgan fingerprint density at radius 1 is 1.27 bits per heavy atom. The van der Waals surface area contributed by atoms with Crippen LogP contribution in [-0.2, 0) is 15.1 Å². The zero-order valence-electron chi connectivity index (χ0n) is 17.3. The van der Waals surface area contributed by atoms with E-state index < -0.39 is 24.1 Å². The molecule has 1 aliphatic heterocycles. The van der Waals surface area contributed by atoms with E-state index in [1.54, 1.807) is 0 Å². The minimum absolute atomic E-state index is 0.0239. The van der Waals surface area contributed by atoms with E-state index in [0.717, 1.165) is 24.2 Å². The van der Waals surface area contributed by atoms with Crippen molar-refractivity contribution >= 4 is 17.8 Å². The van der Waals surface area contributed by atoms with Crippen LogP contribution in [0.5, 0.6) is 5.75 Å². The predicted octanol–water partition coefficient (Wildman–Crippen LogP) is 3.00. The van der Waals surface area contributed by atoms with Crippen LogP contribution in [0.3, 0.4) is 0 Å². The zero-order valence-corrected chi connectivity index (χ0v) is 17.3. The van der Waals surface area contributed by atoms with Gasteiger partial charge in [0.15, 0.2) is 0 Å². The van der Waals surface area contributed by atoms with Crippen molar-refractivity contribution in [2.24, 2.45) is 11.8 Å². The van der Waals surface area contributed by atoms with E-state index in [2.05, 4.69) is 29.2 Å². The molecule has 7 nitrogen and oxygen atoms in total. The van der Waals surface area contributed by atoms with E-state index in [1.165, 1.54) is 31.2 Å². The molecule has 1 aromatic carbocycles. The quantitative estimate of drug-likeness (QED) is 0.689. The molecule has 0 aromatic heterocycles. The van der Waals surface area contributed by atoms with Gasteiger partial charge in [0, 0.05) is 6.04 Å². The average molecular weight is 423 g/mol. The zero-order chi connectivity index (χ0) is 22.1. The van der Waals surface area contributed by atoms with Crippen molar-refractivity contribution in [3.8, 4) is 5.75 Å². The summed E-state index contributed by atoms with van der Waals surface area (Å²) in [5.74, 6) is -0.183. The molecule has 9 heteroatoms. The van der Waals surface area contributed by atoms with Gasteiger partial charge < -0.3 is 15.4 Å². The molecule has 1 heterocycles. The fourth-order valence-corrected chi connectivity index (χ4v) is 4.19. The van der Waals surface area contributed by atoms with Crippen molar-refractivity contribution in [3.05, 3.63) is 29.8 Å². The molecule has 1 aromatic rings. The highest BCUT2D eigenvalue weighted by Crippen LogP contribution is 2.31. The number of carbonyl (C=O) groups is 3. The first-order valence-corrected chi connectivity index (χ1v) is 10.1. The summed E-state index contributed by atoms with van der Waals surface area (Å²) in [7, 11) is 0. The van der Waals surface area contributed by atoms with Gasteiger partial charge in [0.2, 0.25) is 5.91 Å². The molecule has 0 bridgehead atoms. The first-order valence-electron chi connectivity index (χ1n) is 10.1. The molecule has 1 saturated carbocycles. The van der Waals surface area contributed by atoms with E-state index in [1.807, 2.05) is 0 Å². The summed E-state index contributed by atoms with van der Waals surface area (Å²) in [6.45, 7) is 2.44. The fraction of sp³-hybridized carbons (Fsp3) is 0.571. The highest BCUT2D eigenvalue weighted by atomic mass is 19.3. The SMILES string of the molecule is C[C@H]1[C@@H](NC(=O)CN2C(=O)N[C@](C)(c3ccc(OC(F)F)cc3)C2=O)CCC[C@@H]1C. The van der Waals surface area contributed by atoms with Gasteiger partial charge in [-0.3, -0.25) is 14.5 Å². The summed E-state index contributed by atoms with van der Waals surface area (Å²) < 4.78 is 28.9. The maximum absolute atomic E-state index is 13.0. The smallest absolute Gasteiger partial charge is 0.387 e. The van der Waals surface area contributed by atoms with E-state index in [9.17, 15) is 23.2 Å². The molecule has 2 aliphatic rings. The number of urea groups is 1. The fourth-order valence-electron chi connectivity index (χ4n) is 4.19. The number of amides is 4. The van der Waals surface area contributed by atoms with Crippen LogP contribution in [0.15, 0.2) is 24.3 Å². The summed E-state index contributed by atoms with van der Waals surface area (Å²) >= 11 is 0. The third-order valence-electron chi connectivity index (χ3n) is 6.29. The molecule has 2 N–H and O–H groups in total. The monoisotopic (exact) mass is 423 g/mol. The summed E-state index contributed by atoms with van der Waals surface area (Å²) in [4.78, 5) is 38.8.